The number of carboxylic acids is 1. The van der Waals surface area contributed by atoms with Crippen LogP contribution in [0.1, 0.15) is 68.4 Å². The zero-order chi connectivity index (χ0) is 24.4. The molecule has 2 saturated carbocycles. The molecule has 7 heteroatoms. The van der Waals surface area contributed by atoms with Gasteiger partial charge in [0.25, 0.3) is 0 Å². The SMILES string of the molecule is O=C(O)CC1CC(NC(=O)C2(NC(=O)OCC3c4ccccc4-c4ccccc43)CCCCC2)C1. The summed E-state index contributed by atoms with van der Waals surface area (Å²) >= 11 is 0. The number of aliphatic carboxylic acids is 1. The van der Waals surface area contributed by atoms with Crippen molar-refractivity contribution in [2.45, 2.75) is 68.9 Å². The lowest BCUT2D eigenvalue weighted by atomic mass is 9.76. The average Bonchev–Trinajstić information content (AvgIpc) is 3.15. The lowest BCUT2D eigenvalue weighted by molar-refractivity contribution is -0.139. The maximum Gasteiger partial charge on any atom is 0.408 e. The molecule has 0 unspecified atom stereocenters. The Morgan fingerprint density at radius 1 is 0.914 bits per heavy atom. The second kappa shape index (κ2) is 9.72. The van der Waals surface area contributed by atoms with Crippen LogP contribution >= 0.6 is 0 Å². The highest BCUT2D eigenvalue weighted by molar-refractivity contribution is 5.90. The molecule has 0 spiro atoms. The number of ether oxygens (including phenoxy) is 1. The summed E-state index contributed by atoms with van der Waals surface area (Å²) in [4.78, 5) is 37.1. The van der Waals surface area contributed by atoms with Crippen LogP contribution in [0.2, 0.25) is 0 Å². The molecule has 3 N–H and O–H groups in total. The van der Waals surface area contributed by atoms with Crippen LogP contribution in [0.15, 0.2) is 48.5 Å². The van der Waals surface area contributed by atoms with Crippen molar-refractivity contribution in [1.29, 1.82) is 0 Å². The van der Waals surface area contributed by atoms with Crippen molar-refractivity contribution in [3.63, 3.8) is 0 Å². The Balaban J connectivity index is 1.22. The molecule has 0 radical (unpaired) electrons. The summed E-state index contributed by atoms with van der Waals surface area (Å²) in [7, 11) is 0. The Hall–Kier alpha value is -3.35. The maximum atomic E-state index is 13.3. The van der Waals surface area contributed by atoms with E-state index in [0.29, 0.717) is 25.7 Å². The molecule has 0 atom stereocenters. The van der Waals surface area contributed by atoms with Gasteiger partial charge >= 0.3 is 12.1 Å². The minimum absolute atomic E-state index is 0.0324. The first-order chi connectivity index (χ1) is 16.9. The molecule has 184 valence electrons. The van der Waals surface area contributed by atoms with E-state index in [-0.39, 0.29) is 36.8 Å². The number of hydrogen-bond donors (Lipinski definition) is 3. The third-order valence-electron chi connectivity index (χ3n) is 7.86. The van der Waals surface area contributed by atoms with E-state index in [1.165, 1.54) is 11.1 Å². The summed E-state index contributed by atoms with van der Waals surface area (Å²) in [6.45, 7) is 0.205. The second-order valence-corrected chi connectivity index (χ2v) is 10.2. The average molecular weight is 477 g/mol. The molecule has 0 aromatic heterocycles. The van der Waals surface area contributed by atoms with Crippen molar-refractivity contribution in [2.75, 3.05) is 6.61 Å². The predicted octanol–water partition coefficient (Wildman–Crippen LogP) is 4.60. The van der Waals surface area contributed by atoms with Crippen LogP contribution in [0, 0.1) is 5.92 Å². The summed E-state index contributed by atoms with van der Waals surface area (Å²) in [5.41, 5.74) is 3.66. The Morgan fingerprint density at radius 3 is 2.11 bits per heavy atom. The van der Waals surface area contributed by atoms with Crippen molar-refractivity contribution >= 4 is 18.0 Å². The highest BCUT2D eigenvalue weighted by atomic mass is 16.5. The Labute approximate surface area is 205 Å². The first-order valence-electron chi connectivity index (χ1n) is 12.6. The zero-order valence-corrected chi connectivity index (χ0v) is 19.8. The Morgan fingerprint density at radius 2 is 1.51 bits per heavy atom. The number of alkyl carbamates (subject to hydrolysis) is 1. The van der Waals surface area contributed by atoms with Crippen LogP contribution in [0.25, 0.3) is 11.1 Å². The molecular formula is C28H32N2O5. The number of carbonyl (C=O) groups excluding carboxylic acids is 2. The summed E-state index contributed by atoms with van der Waals surface area (Å²) in [5.74, 6) is -0.912. The van der Waals surface area contributed by atoms with Crippen molar-refractivity contribution in [3.8, 4) is 11.1 Å². The lowest BCUT2D eigenvalue weighted by Gasteiger charge is -2.41. The van der Waals surface area contributed by atoms with E-state index in [9.17, 15) is 14.4 Å². The molecule has 5 rings (SSSR count). The van der Waals surface area contributed by atoms with Gasteiger partial charge in [0.15, 0.2) is 0 Å². The van der Waals surface area contributed by atoms with Gasteiger partial charge < -0.3 is 20.5 Å². The van der Waals surface area contributed by atoms with E-state index in [4.69, 9.17) is 9.84 Å². The lowest BCUT2D eigenvalue weighted by Crippen LogP contribution is -2.62. The number of rotatable bonds is 7. The molecule has 0 aliphatic heterocycles. The van der Waals surface area contributed by atoms with Gasteiger partial charge in [0.1, 0.15) is 12.1 Å². The normalized spacial score (nSPS) is 22.3. The van der Waals surface area contributed by atoms with Crippen molar-refractivity contribution in [3.05, 3.63) is 59.7 Å². The molecule has 7 nitrogen and oxygen atoms in total. The third kappa shape index (κ3) is 4.77. The van der Waals surface area contributed by atoms with Crippen LogP contribution in [-0.4, -0.2) is 41.3 Å². The van der Waals surface area contributed by atoms with Gasteiger partial charge in [-0.25, -0.2) is 4.79 Å². The molecule has 2 fully saturated rings. The fourth-order valence-electron chi connectivity index (χ4n) is 5.98. The van der Waals surface area contributed by atoms with Gasteiger partial charge in [-0.15, -0.1) is 0 Å². The predicted molar refractivity (Wildman–Crippen MR) is 131 cm³/mol. The third-order valence-corrected chi connectivity index (χ3v) is 7.86. The number of benzene rings is 2. The number of carbonyl (C=O) groups is 3. The Kier molecular flexibility index (Phi) is 6.50. The van der Waals surface area contributed by atoms with Gasteiger partial charge in [-0.1, -0.05) is 67.8 Å². The van der Waals surface area contributed by atoms with Gasteiger partial charge in [0.2, 0.25) is 5.91 Å². The molecule has 2 aromatic rings. The number of hydrogen-bond acceptors (Lipinski definition) is 4. The van der Waals surface area contributed by atoms with E-state index in [1.54, 1.807) is 0 Å². The standard InChI is InChI=1S/C28H32N2O5/c31-25(32)16-18-14-19(15-18)29-26(33)28(12-6-1-7-13-28)30-27(34)35-17-24-22-10-4-2-8-20(22)21-9-3-5-11-23(21)24/h2-5,8-11,18-19,24H,1,6-7,12-17H2,(H,29,33)(H,30,34)(H,31,32). The fraction of sp³-hybridized carbons (Fsp3) is 0.464. The quantitative estimate of drug-likeness (QED) is 0.542. The molecule has 3 aliphatic rings. The second-order valence-electron chi connectivity index (χ2n) is 10.2. The first-order valence-corrected chi connectivity index (χ1v) is 12.6. The van der Waals surface area contributed by atoms with Gasteiger partial charge in [-0.2, -0.15) is 0 Å². The molecule has 35 heavy (non-hydrogen) atoms. The van der Waals surface area contributed by atoms with Crippen LogP contribution in [0.5, 0.6) is 0 Å². The van der Waals surface area contributed by atoms with Gasteiger partial charge in [-0.3, -0.25) is 9.59 Å². The Bertz CT molecular complexity index is 1070. The molecule has 0 saturated heterocycles. The highest BCUT2D eigenvalue weighted by Crippen LogP contribution is 2.44. The van der Waals surface area contributed by atoms with Gasteiger partial charge in [0, 0.05) is 18.4 Å². The van der Waals surface area contributed by atoms with E-state index < -0.39 is 17.6 Å². The summed E-state index contributed by atoms with van der Waals surface area (Å²) in [5, 5.41) is 14.9. The maximum absolute atomic E-state index is 13.3. The first kappa shape index (κ1) is 23.4. The van der Waals surface area contributed by atoms with Crippen molar-refractivity contribution in [2.24, 2.45) is 5.92 Å². The summed E-state index contributed by atoms with van der Waals surface area (Å²) in [6.07, 6.45) is 4.82. The molecule has 0 heterocycles. The summed E-state index contributed by atoms with van der Waals surface area (Å²) < 4.78 is 5.73. The number of fused-ring (bicyclic) bond motifs is 3. The van der Waals surface area contributed by atoms with E-state index in [0.717, 1.165) is 30.4 Å². The van der Waals surface area contributed by atoms with Gasteiger partial charge in [-0.05, 0) is 53.9 Å². The smallest absolute Gasteiger partial charge is 0.408 e. The zero-order valence-electron chi connectivity index (χ0n) is 19.8. The molecule has 2 amide bonds. The van der Waals surface area contributed by atoms with Gasteiger partial charge in [0.05, 0.1) is 0 Å². The number of nitrogens with one attached hydrogen (secondary N) is 2. The summed E-state index contributed by atoms with van der Waals surface area (Å²) in [6, 6.07) is 16.3. The largest absolute Gasteiger partial charge is 0.481 e. The molecular weight excluding hydrogens is 444 g/mol. The topological polar surface area (TPSA) is 105 Å². The van der Waals surface area contributed by atoms with E-state index in [1.807, 2.05) is 24.3 Å². The van der Waals surface area contributed by atoms with Crippen LogP contribution < -0.4 is 10.6 Å². The molecule has 0 bridgehead atoms. The minimum atomic E-state index is -0.974. The monoisotopic (exact) mass is 476 g/mol. The van der Waals surface area contributed by atoms with Crippen molar-refractivity contribution in [1.82, 2.24) is 10.6 Å². The molecule has 2 aromatic carbocycles. The van der Waals surface area contributed by atoms with Crippen LogP contribution in [0.3, 0.4) is 0 Å². The van der Waals surface area contributed by atoms with E-state index >= 15 is 0 Å². The van der Waals surface area contributed by atoms with Crippen molar-refractivity contribution < 1.29 is 24.2 Å². The van der Waals surface area contributed by atoms with Crippen LogP contribution in [0.4, 0.5) is 4.79 Å². The number of carboxylic acid groups (broad SMARTS) is 1. The van der Waals surface area contributed by atoms with E-state index in [2.05, 4.69) is 34.9 Å². The minimum Gasteiger partial charge on any atom is -0.481 e. The fourth-order valence-corrected chi connectivity index (χ4v) is 5.98. The highest BCUT2D eigenvalue weighted by Gasteiger charge is 2.44. The number of amides is 2. The van der Waals surface area contributed by atoms with Crippen LogP contribution in [-0.2, 0) is 14.3 Å². The molecule has 3 aliphatic carbocycles.